The molecule has 0 aromatic carbocycles. The highest BCUT2D eigenvalue weighted by Gasteiger charge is 2.22. The van der Waals surface area contributed by atoms with Crippen molar-refractivity contribution in [3.05, 3.63) is 18.1 Å². The van der Waals surface area contributed by atoms with Crippen molar-refractivity contribution in [2.24, 2.45) is 0 Å². The molecule has 1 N–H and O–H groups in total. The summed E-state index contributed by atoms with van der Waals surface area (Å²) in [6.45, 7) is 1.25. The van der Waals surface area contributed by atoms with Crippen LogP contribution in [0.4, 0.5) is 5.82 Å². The maximum absolute atomic E-state index is 11.3. The fraction of sp³-hybridized carbons (Fsp3) is 0.500. The van der Waals surface area contributed by atoms with Gasteiger partial charge in [-0.05, 0) is 6.42 Å². The number of aliphatic hydroxyl groups is 1. The molecule has 2 heterocycles. The van der Waals surface area contributed by atoms with Gasteiger partial charge < -0.3 is 14.7 Å². The average molecular weight is 223 g/mol. The highest BCUT2D eigenvalue weighted by atomic mass is 16.5. The number of anilines is 1. The first-order valence-electron chi connectivity index (χ1n) is 5.04. The van der Waals surface area contributed by atoms with Crippen LogP contribution in [0, 0.1) is 0 Å². The van der Waals surface area contributed by atoms with Crippen molar-refractivity contribution in [2.75, 3.05) is 25.1 Å². The SMILES string of the molecule is COC(=O)c1cncc(N2CC[C@H](O)C2)n1. The average Bonchev–Trinajstić information content (AvgIpc) is 2.75. The van der Waals surface area contributed by atoms with E-state index in [0.717, 1.165) is 6.54 Å². The van der Waals surface area contributed by atoms with Crippen LogP contribution in [0.25, 0.3) is 0 Å². The highest BCUT2D eigenvalue weighted by Crippen LogP contribution is 2.17. The van der Waals surface area contributed by atoms with Gasteiger partial charge in [-0.2, -0.15) is 0 Å². The predicted octanol–water partition coefficient (Wildman–Crippen LogP) is -0.166. The van der Waals surface area contributed by atoms with Crippen LogP contribution < -0.4 is 4.90 Å². The van der Waals surface area contributed by atoms with Gasteiger partial charge in [-0.3, -0.25) is 4.98 Å². The zero-order valence-electron chi connectivity index (χ0n) is 8.96. The molecule has 2 rings (SSSR count). The molecule has 0 spiro atoms. The molecule has 6 nitrogen and oxygen atoms in total. The van der Waals surface area contributed by atoms with Crippen molar-refractivity contribution in [3.8, 4) is 0 Å². The minimum atomic E-state index is -0.505. The summed E-state index contributed by atoms with van der Waals surface area (Å²) in [4.78, 5) is 21.2. The quantitative estimate of drug-likeness (QED) is 0.702. The number of aliphatic hydroxyl groups excluding tert-OH is 1. The van der Waals surface area contributed by atoms with Crippen molar-refractivity contribution in [3.63, 3.8) is 0 Å². The summed E-state index contributed by atoms with van der Waals surface area (Å²) in [6.07, 6.45) is 3.32. The molecule has 0 unspecified atom stereocenters. The smallest absolute Gasteiger partial charge is 0.358 e. The molecule has 86 valence electrons. The Balaban J connectivity index is 2.19. The van der Waals surface area contributed by atoms with E-state index in [9.17, 15) is 9.90 Å². The summed E-state index contributed by atoms with van der Waals surface area (Å²) >= 11 is 0. The maximum atomic E-state index is 11.3. The van der Waals surface area contributed by atoms with E-state index in [4.69, 9.17) is 0 Å². The Bertz CT molecular complexity index is 397. The first-order chi connectivity index (χ1) is 7.70. The second-order valence-corrected chi connectivity index (χ2v) is 3.64. The van der Waals surface area contributed by atoms with Crippen LogP contribution in [-0.4, -0.2) is 47.3 Å². The van der Waals surface area contributed by atoms with Gasteiger partial charge in [0.15, 0.2) is 5.69 Å². The standard InChI is InChI=1S/C10H13N3O3/c1-16-10(15)8-4-11-5-9(12-8)13-3-2-7(14)6-13/h4-5,7,14H,2-3,6H2,1H3/t7-/m0/s1. The van der Waals surface area contributed by atoms with E-state index in [2.05, 4.69) is 14.7 Å². The van der Waals surface area contributed by atoms with Crippen LogP contribution in [0.5, 0.6) is 0 Å². The van der Waals surface area contributed by atoms with Crippen LogP contribution in [-0.2, 0) is 4.74 Å². The summed E-state index contributed by atoms with van der Waals surface area (Å²) in [5, 5.41) is 9.40. The third-order valence-corrected chi connectivity index (χ3v) is 2.50. The number of carbonyl (C=O) groups excluding carboxylic acids is 1. The van der Waals surface area contributed by atoms with Gasteiger partial charge in [0, 0.05) is 13.1 Å². The molecule has 0 amide bonds. The van der Waals surface area contributed by atoms with E-state index in [0.29, 0.717) is 18.8 Å². The van der Waals surface area contributed by atoms with Crippen molar-refractivity contribution in [1.82, 2.24) is 9.97 Å². The molecule has 0 radical (unpaired) electrons. The molecule has 1 aromatic heterocycles. The van der Waals surface area contributed by atoms with Gasteiger partial charge in [0.1, 0.15) is 5.82 Å². The normalized spacial score (nSPS) is 19.9. The van der Waals surface area contributed by atoms with Crippen molar-refractivity contribution in [2.45, 2.75) is 12.5 Å². The number of β-amino-alcohol motifs (C(OH)–C–C–N with tert-alkyl or cyclic N) is 1. The van der Waals surface area contributed by atoms with E-state index in [-0.39, 0.29) is 11.8 Å². The Morgan fingerprint density at radius 1 is 1.62 bits per heavy atom. The lowest BCUT2D eigenvalue weighted by atomic mass is 10.3. The second kappa shape index (κ2) is 4.44. The summed E-state index contributed by atoms with van der Waals surface area (Å²) in [5.74, 6) is 0.0912. The number of rotatable bonds is 2. The third-order valence-electron chi connectivity index (χ3n) is 2.50. The van der Waals surface area contributed by atoms with Gasteiger partial charge in [-0.15, -0.1) is 0 Å². The van der Waals surface area contributed by atoms with Crippen molar-refractivity contribution in [1.29, 1.82) is 0 Å². The Labute approximate surface area is 92.9 Å². The summed E-state index contributed by atoms with van der Waals surface area (Å²) in [5.41, 5.74) is 0.182. The fourth-order valence-electron chi connectivity index (χ4n) is 1.66. The lowest BCUT2D eigenvalue weighted by Gasteiger charge is -2.16. The molecule has 1 fully saturated rings. The van der Waals surface area contributed by atoms with Gasteiger partial charge in [-0.1, -0.05) is 0 Å². The Hall–Kier alpha value is -1.69. The first kappa shape index (κ1) is 10.8. The first-order valence-corrected chi connectivity index (χ1v) is 5.04. The lowest BCUT2D eigenvalue weighted by molar-refractivity contribution is 0.0593. The zero-order chi connectivity index (χ0) is 11.5. The lowest BCUT2D eigenvalue weighted by Crippen LogP contribution is -2.23. The van der Waals surface area contributed by atoms with Crippen molar-refractivity contribution >= 4 is 11.8 Å². The second-order valence-electron chi connectivity index (χ2n) is 3.64. The number of esters is 1. The largest absolute Gasteiger partial charge is 0.464 e. The Morgan fingerprint density at radius 2 is 2.44 bits per heavy atom. The molecule has 16 heavy (non-hydrogen) atoms. The topological polar surface area (TPSA) is 75.5 Å². The van der Waals surface area contributed by atoms with Crippen LogP contribution in [0.1, 0.15) is 16.9 Å². The molecule has 6 heteroatoms. The maximum Gasteiger partial charge on any atom is 0.358 e. The zero-order valence-corrected chi connectivity index (χ0v) is 8.96. The number of nitrogens with zero attached hydrogens (tertiary/aromatic N) is 3. The molecule has 1 saturated heterocycles. The van der Waals surface area contributed by atoms with Gasteiger partial charge in [0.25, 0.3) is 0 Å². The molecule has 1 aromatic rings. The number of methoxy groups -OCH3 is 1. The predicted molar refractivity (Wildman–Crippen MR) is 56.2 cm³/mol. The molecule has 1 aliphatic rings. The van der Waals surface area contributed by atoms with Crippen LogP contribution in [0.15, 0.2) is 12.4 Å². The van der Waals surface area contributed by atoms with Gasteiger partial charge >= 0.3 is 5.97 Å². The molecule has 0 bridgehead atoms. The summed E-state index contributed by atoms with van der Waals surface area (Å²) in [6, 6.07) is 0. The van der Waals surface area contributed by atoms with Gasteiger partial charge in [0.2, 0.25) is 0 Å². The molecule has 1 aliphatic heterocycles. The molecular formula is C10H13N3O3. The number of carbonyl (C=O) groups is 1. The van der Waals surface area contributed by atoms with E-state index in [1.54, 1.807) is 6.20 Å². The van der Waals surface area contributed by atoms with E-state index < -0.39 is 5.97 Å². The van der Waals surface area contributed by atoms with E-state index in [1.807, 2.05) is 4.90 Å². The summed E-state index contributed by atoms with van der Waals surface area (Å²) in [7, 11) is 1.30. The monoisotopic (exact) mass is 223 g/mol. The fourth-order valence-corrected chi connectivity index (χ4v) is 1.66. The summed E-state index contributed by atoms with van der Waals surface area (Å²) < 4.78 is 4.57. The van der Waals surface area contributed by atoms with Crippen LogP contribution >= 0.6 is 0 Å². The Kier molecular flexibility index (Phi) is 3.00. The number of aromatic nitrogens is 2. The molecular weight excluding hydrogens is 210 g/mol. The number of hydrogen-bond donors (Lipinski definition) is 1. The van der Waals surface area contributed by atoms with Crippen LogP contribution in [0.2, 0.25) is 0 Å². The van der Waals surface area contributed by atoms with Crippen molar-refractivity contribution < 1.29 is 14.6 Å². The molecule has 0 aliphatic carbocycles. The van der Waals surface area contributed by atoms with Gasteiger partial charge in [0.05, 0.1) is 25.6 Å². The number of ether oxygens (including phenoxy) is 1. The van der Waals surface area contributed by atoms with Gasteiger partial charge in [-0.25, -0.2) is 9.78 Å². The minimum absolute atomic E-state index is 0.182. The van der Waals surface area contributed by atoms with Crippen LogP contribution in [0.3, 0.4) is 0 Å². The Morgan fingerprint density at radius 3 is 3.06 bits per heavy atom. The highest BCUT2D eigenvalue weighted by molar-refractivity contribution is 5.87. The molecule has 0 saturated carbocycles. The van der Waals surface area contributed by atoms with E-state index >= 15 is 0 Å². The molecule has 1 atom stereocenters. The van der Waals surface area contributed by atoms with E-state index in [1.165, 1.54) is 13.3 Å². The third kappa shape index (κ3) is 2.11. The minimum Gasteiger partial charge on any atom is -0.464 e. The number of hydrogen-bond acceptors (Lipinski definition) is 6.